The van der Waals surface area contributed by atoms with E-state index in [1.165, 1.54) is 6.07 Å². The van der Waals surface area contributed by atoms with Crippen molar-refractivity contribution < 1.29 is 71.2 Å². The number of phosphoric ester groups is 1. The van der Waals surface area contributed by atoms with E-state index in [0.717, 1.165) is 0 Å². The van der Waals surface area contributed by atoms with E-state index >= 15 is 0 Å². The predicted molar refractivity (Wildman–Crippen MR) is 165 cm³/mol. The summed E-state index contributed by atoms with van der Waals surface area (Å²) < 4.78 is 193. The maximum absolute atomic E-state index is 14.0. The van der Waals surface area contributed by atoms with Gasteiger partial charge in [0, 0.05) is 23.0 Å². The average Bonchev–Trinajstić information content (AvgIpc) is 3.18. The van der Waals surface area contributed by atoms with Gasteiger partial charge in [0.1, 0.15) is 5.75 Å². The molecule has 4 atom stereocenters. The first-order chi connectivity index (χ1) is 24.5. The quantitative estimate of drug-likeness (QED) is 0.163. The van der Waals surface area contributed by atoms with Crippen LogP contribution >= 0.6 is 7.82 Å². The number of phosphoric acid groups is 1. The molecule has 53 heavy (non-hydrogen) atoms. The third kappa shape index (κ3) is 7.05. The average molecular weight is 781 g/mol. The van der Waals surface area contributed by atoms with Gasteiger partial charge in [-0.15, -0.1) is 0 Å². The molecule has 7 rings (SSSR count). The van der Waals surface area contributed by atoms with E-state index in [1.807, 2.05) is 0 Å². The molecule has 1 heterocycles. The SMILES string of the molecule is O=P1(O)Oc2c(-c3cc(C(F)(F)F)cc(C(F)(F)F)c3)cc3c(c2C2c4ccccc4C[C@@H](c4cc(C(F)(F)F)cc(C(F)(F)F)c4)[C@H]2O1)CCCC3. The zero-order valence-electron chi connectivity index (χ0n) is 26.8. The van der Waals surface area contributed by atoms with E-state index in [-0.39, 0.29) is 37.0 Å². The summed E-state index contributed by atoms with van der Waals surface area (Å²) in [4.78, 5) is 11.2. The molecule has 0 saturated carbocycles. The van der Waals surface area contributed by atoms with Crippen LogP contribution in [-0.2, 0) is 53.1 Å². The van der Waals surface area contributed by atoms with Crippen molar-refractivity contribution in [3.8, 4) is 16.9 Å². The number of aryl methyl sites for hydroxylation is 1. The van der Waals surface area contributed by atoms with Crippen LogP contribution in [-0.4, -0.2) is 11.0 Å². The van der Waals surface area contributed by atoms with Crippen LogP contribution in [0.2, 0.25) is 0 Å². The zero-order valence-corrected chi connectivity index (χ0v) is 27.7. The van der Waals surface area contributed by atoms with Gasteiger partial charge in [-0.1, -0.05) is 24.3 Å². The molecule has 0 bridgehead atoms. The number of fused-ring (bicyclic) bond motifs is 7. The molecule has 1 N–H and O–H groups in total. The Kier molecular flexibility index (Phi) is 8.82. The van der Waals surface area contributed by atoms with Gasteiger partial charge in [0.2, 0.25) is 0 Å². The summed E-state index contributed by atoms with van der Waals surface area (Å²) in [7, 11) is -5.47. The summed E-state index contributed by atoms with van der Waals surface area (Å²) in [5.41, 5.74) is -6.47. The van der Waals surface area contributed by atoms with Crippen molar-refractivity contribution in [2.24, 2.45) is 0 Å². The second-order valence-electron chi connectivity index (χ2n) is 13.3. The topological polar surface area (TPSA) is 55.8 Å². The molecule has 1 aliphatic heterocycles. The molecule has 4 aromatic rings. The van der Waals surface area contributed by atoms with Crippen molar-refractivity contribution >= 4 is 7.82 Å². The fourth-order valence-corrected chi connectivity index (χ4v) is 8.75. The van der Waals surface area contributed by atoms with Crippen molar-refractivity contribution in [3.63, 3.8) is 0 Å². The lowest BCUT2D eigenvalue weighted by Gasteiger charge is -2.40. The van der Waals surface area contributed by atoms with Crippen molar-refractivity contribution in [2.75, 3.05) is 0 Å². The molecule has 17 heteroatoms. The molecule has 3 aliphatic rings. The minimum absolute atomic E-state index is 0.0418. The normalized spacial score (nSPS) is 23.2. The van der Waals surface area contributed by atoms with Crippen LogP contribution in [0.5, 0.6) is 5.75 Å². The molecule has 4 nitrogen and oxygen atoms in total. The van der Waals surface area contributed by atoms with Gasteiger partial charge >= 0.3 is 32.5 Å². The molecule has 0 spiro atoms. The van der Waals surface area contributed by atoms with E-state index in [1.54, 1.807) is 24.3 Å². The molecule has 0 radical (unpaired) electrons. The Hall–Kier alpha value is -4.01. The van der Waals surface area contributed by atoms with Crippen LogP contribution in [0.1, 0.15) is 80.3 Å². The highest BCUT2D eigenvalue weighted by Crippen LogP contribution is 2.62. The van der Waals surface area contributed by atoms with Gasteiger partial charge in [0.05, 0.1) is 28.4 Å². The highest BCUT2D eigenvalue weighted by atomic mass is 31.2. The lowest BCUT2D eigenvalue weighted by atomic mass is 9.67. The second-order valence-corrected chi connectivity index (χ2v) is 14.6. The largest absolute Gasteiger partial charge is 0.527 e. The van der Waals surface area contributed by atoms with Gasteiger partial charge in [0.25, 0.3) is 0 Å². The zero-order chi connectivity index (χ0) is 38.5. The van der Waals surface area contributed by atoms with E-state index in [0.29, 0.717) is 59.4 Å². The summed E-state index contributed by atoms with van der Waals surface area (Å²) >= 11 is 0. The summed E-state index contributed by atoms with van der Waals surface area (Å²) in [6.07, 6.45) is -21.3. The van der Waals surface area contributed by atoms with Crippen molar-refractivity contribution in [1.82, 2.24) is 0 Å². The summed E-state index contributed by atoms with van der Waals surface area (Å²) in [6.45, 7) is 0. The minimum atomic E-state index is -5.47. The van der Waals surface area contributed by atoms with Gasteiger partial charge in [-0.05, 0) is 108 Å². The first-order valence-electron chi connectivity index (χ1n) is 16.1. The Morgan fingerprint density at radius 2 is 1.19 bits per heavy atom. The van der Waals surface area contributed by atoms with Crippen molar-refractivity contribution in [3.05, 3.63) is 122 Å². The van der Waals surface area contributed by atoms with Gasteiger partial charge in [0.15, 0.2) is 0 Å². The highest BCUT2D eigenvalue weighted by molar-refractivity contribution is 7.47. The van der Waals surface area contributed by atoms with Gasteiger partial charge in [-0.3, -0.25) is 9.42 Å². The number of alkyl halides is 12. The van der Waals surface area contributed by atoms with Crippen LogP contribution in [0, 0.1) is 0 Å². The first kappa shape index (κ1) is 37.3. The van der Waals surface area contributed by atoms with Gasteiger partial charge < -0.3 is 4.52 Å². The third-order valence-corrected chi connectivity index (χ3v) is 10.8. The molecule has 4 aromatic carbocycles. The Morgan fingerprint density at radius 3 is 1.75 bits per heavy atom. The van der Waals surface area contributed by atoms with E-state index in [4.69, 9.17) is 9.05 Å². The molecule has 0 amide bonds. The molecular formula is C36H25F12O4P. The van der Waals surface area contributed by atoms with Gasteiger partial charge in [-0.25, -0.2) is 4.57 Å². The molecule has 2 aliphatic carbocycles. The van der Waals surface area contributed by atoms with Crippen molar-refractivity contribution in [2.45, 2.75) is 74.7 Å². The summed E-state index contributed by atoms with van der Waals surface area (Å²) in [6, 6.07) is 9.25. The van der Waals surface area contributed by atoms with Crippen LogP contribution in [0.25, 0.3) is 11.1 Å². The maximum Gasteiger partial charge on any atom is 0.527 e. The van der Waals surface area contributed by atoms with E-state index in [9.17, 15) is 62.1 Å². The van der Waals surface area contributed by atoms with E-state index < -0.39 is 95.2 Å². The molecule has 282 valence electrons. The fraction of sp³-hybridized carbons (Fsp3) is 0.333. The smallest absolute Gasteiger partial charge is 0.403 e. The Bertz CT molecular complexity index is 2090. The predicted octanol–water partition coefficient (Wildman–Crippen LogP) is 11.7. The standard InChI is InChI=1S/C36H25F12O4P/c37-33(38,39)21-9-19(10-22(15-21)34(40,41)42)27-13-17-5-1-3-7-25(17)29-30-26-8-4-2-6-18(26)14-28(32(30)52-53(49,50)51-31(27)29)20-11-23(35(43,44)45)16-24(12-20)36(46,47)48/h1,3,5,7,9-12,14-16,27,29,31H,2,4,6,8,13H2,(H,49,50)/t27-,29?,31+/m0/s1. The Balaban J connectivity index is 1.55. The molecule has 2 unspecified atom stereocenters. The lowest BCUT2D eigenvalue weighted by molar-refractivity contribution is -0.144. The summed E-state index contributed by atoms with van der Waals surface area (Å²) in [5, 5.41) is 0. The number of halogens is 12. The monoisotopic (exact) mass is 780 g/mol. The van der Waals surface area contributed by atoms with Crippen LogP contribution in [0.3, 0.4) is 0 Å². The Morgan fingerprint density at radius 1 is 0.660 bits per heavy atom. The Labute approximate surface area is 293 Å². The molecule has 0 fully saturated rings. The number of hydrogen-bond donors (Lipinski definition) is 1. The molecular weight excluding hydrogens is 755 g/mol. The fourth-order valence-electron chi connectivity index (χ4n) is 7.70. The summed E-state index contributed by atoms with van der Waals surface area (Å²) in [5.74, 6) is -3.32. The highest BCUT2D eigenvalue weighted by Gasteiger charge is 2.50. The number of rotatable bonds is 2. The van der Waals surface area contributed by atoms with Crippen LogP contribution in [0.15, 0.2) is 66.7 Å². The van der Waals surface area contributed by atoms with Crippen LogP contribution in [0.4, 0.5) is 52.7 Å². The number of hydrogen-bond acceptors (Lipinski definition) is 3. The van der Waals surface area contributed by atoms with Crippen molar-refractivity contribution in [1.29, 1.82) is 0 Å². The molecule has 0 aromatic heterocycles. The van der Waals surface area contributed by atoms with Gasteiger partial charge in [-0.2, -0.15) is 52.7 Å². The minimum Gasteiger partial charge on any atom is -0.403 e. The maximum atomic E-state index is 14.0. The molecule has 0 saturated heterocycles. The first-order valence-corrected chi connectivity index (χ1v) is 17.6. The van der Waals surface area contributed by atoms with Crippen LogP contribution < -0.4 is 4.52 Å². The van der Waals surface area contributed by atoms with E-state index in [2.05, 4.69) is 0 Å². The lowest BCUT2D eigenvalue weighted by Crippen LogP contribution is -2.35. The number of benzene rings is 4. The second kappa shape index (κ2) is 12.5. The third-order valence-electron chi connectivity index (χ3n) is 9.91.